The largest absolute Gasteiger partial charge is 0.355 e. The standard InChI is InChI=1S/C46H49N5/c1-29-24-30(2)41(31(3)25-29)42-43(45(4,5)6)47-51(44(42)46(7,8)9)34-22-23-36-35-18-11-12-19-37(35)50(40(36)27-34)33-17-15-16-32(26-33)49-28-48(10)38-20-13-14-21-39(38)49/h11-27H,28H2,1-10H3. The predicted molar refractivity (Wildman–Crippen MR) is 217 cm³/mol. The minimum Gasteiger partial charge on any atom is -0.355 e. The van der Waals surface area contributed by atoms with Crippen LogP contribution < -0.4 is 9.80 Å². The van der Waals surface area contributed by atoms with Crippen molar-refractivity contribution in [3.05, 3.63) is 131 Å². The second kappa shape index (κ2) is 11.6. The van der Waals surface area contributed by atoms with Crippen LogP contribution in [0.15, 0.2) is 103 Å². The normalized spacial score (nSPS) is 13.5. The average molecular weight is 672 g/mol. The molecule has 5 aromatic carbocycles. The lowest BCUT2D eigenvalue weighted by molar-refractivity contribution is 0.537. The molecule has 0 fully saturated rings. The minimum absolute atomic E-state index is 0.161. The Hall–Kier alpha value is -5.29. The lowest BCUT2D eigenvalue weighted by atomic mass is 9.79. The van der Waals surface area contributed by atoms with Crippen LogP contribution >= 0.6 is 0 Å². The molecule has 8 rings (SSSR count). The topological polar surface area (TPSA) is 29.2 Å². The number of rotatable bonds is 4. The fourth-order valence-corrected chi connectivity index (χ4v) is 8.40. The van der Waals surface area contributed by atoms with E-state index in [1.165, 1.54) is 72.4 Å². The van der Waals surface area contributed by atoms with Crippen molar-refractivity contribution in [3.63, 3.8) is 0 Å². The molecule has 0 atom stereocenters. The molecule has 7 aromatic rings. The van der Waals surface area contributed by atoms with Crippen LogP contribution in [0.4, 0.5) is 17.1 Å². The van der Waals surface area contributed by atoms with E-state index in [-0.39, 0.29) is 10.8 Å². The van der Waals surface area contributed by atoms with Crippen molar-refractivity contribution in [2.45, 2.75) is 73.1 Å². The molecule has 0 bridgehead atoms. The van der Waals surface area contributed by atoms with E-state index in [0.29, 0.717) is 0 Å². The van der Waals surface area contributed by atoms with Gasteiger partial charge in [0.15, 0.2) is 0 Å². The summed E-state index contributed by atoms with van der Waals surface area (Å²) in [5, 5.41) is 8.03. The number of benzene rings is 5. The number of aryl methyl sites for hydroxylation is 3. The first-order chi connectivity index (χ1) is 24.2. The van der Waals surface area contributed by atoms with E-state index in [0.717, 1.165) is 23.7 Å². The Balaban J connectivity index is 1.38. The number of fused-ring (bicyclic) bond motifs is 4. The summed E-state index contributed by atoms with van der Waals surface area (Å²) in [6.45, 7) is 21.4. The Morgan fingerprint density at radius 2 is 1.22 bits per heavy atom. The van der Waals surface area contributed by atoms with Gasteiger partial charge in [-0.15, -0.1) is 0 Å². The van der Waals surface area contributed by atoms with Crippen molar-refractivity contribution in [2.24, 2.45) is 0 Å². The third kappa shape index (κ3) is 5.33. The molecule has 0 amide bonds. The van der Waals surface area contributed by atoms with Gasteiger partial charge in [0, 0.05) is 45.6 Å². The molecule has 0 spiro atoms. The van der Waals surface area contributed by atoms with Gasteiger partial charge in [-0.25, -0.2) is 4.68 Å². The Kier molecular flexibility index (Phi) is 7.50. The van der Waals surface area contributed by atoms with Gasteiger partial charge in [0.2, 0.25) is 0 Å². The maximum absolute atomic E-state index is 5.55. The van der Waals surface area contributed by atoms with Crippen LogP contribution in [0, 0.1) is 20.8 Å². The SMILES string of the molecule is Cc1cc(C)c(-c2c(C(C)(C)C)nn(-c3ccc4c5ccccc5n(-c5cccc(N6CN(C)c7ccccc76)c5)c4c3)c2C(C)(C)C)c(C)c1. The van der Waals surface area contributed by atoms with Crippen molar-refractivity contribution >= 4 is 38.9 Å². The predicted octanol–water partition coefficient (Wildman–Crippen LogP) is 11.7. The van der Waals surface area contributed by atoms with Gasteiger partial charge < -0.3 is 14.4 Å². The van der Waals surface area contributed by atoms with Crippen LogP contribution in [0.3, 0.4) is 0 Å². The molecule has 3 heterocycles. The first-order valence-corrected chi connectivity index (χ1v) is 18.2. The summed E-state index contributed by atoms with van der Waals surface area (Å²) in [5.74, 6) is 0. The Morgan fingerprint density at radius 3 is 1.92 bits per heavy atom. The molecule has 258 valence electrons. The van der Waals surface area contributed by atoms with E-state index in [2.05, 4.69) is 192 Å². The van der Waals surface area contributed by atoms with Gasteiger partial charge in [-0.05, 0) is 86.0 Å². The monoisotopic (exact) mass is 671 g/mol. The van der Waals surface area contributed by atoms with Crippen LogP contribution in [0.1, 0.15) is 69.6 Å². The number of para-hydroxylation sites is 3. The summed E-state index contributed by atoms with van der Waals surface area (Å²) in [7, 11) is 2.16. The van der Waals surface area contributed by atoms with Crippen molar-refractivity contribution < 1.29 is 0 Å². The van der Waals surface area contributed by atoms with Gasteiger partial charge in [-0.2, -0.15) is 5.10 Å². The van der Waals surface area contributed by atoms with Crippen LogP contribution in [0.5, 0.6) is 0 Å². The first kappa shape index (κ1) is 32.9. The molecular weight excluding hydrogens is 623 g/mol. The number of nitrogens with zero attached hydrogens (tertiary/aromatic N) is 5. The average Bonchev–Trinajstić information content (AvgIpc) is 3.74. The van der Waals surface area contributed by atoms with Crippen LogP contribution in [-0.4, -0.2) is 28.1 Å². The molecule has 5 heteroatoms. The molecule has 51 heavy (non-hydrogen) atoms. The Bertz CT molecular complexity index is 2460. The third-order valence-electron chi connectivity index (χ3n) is 10.5. The second-order valence-electron chi connectivity index (χ2n) is 16.6. The van der Waals surface area contributed by atoms with Crippen LogP contribution in [0.25, 0.3) is 44.3 Å². The van der Waals surface area contributed by atoms with Crippen molar-refractivity contribution in [1.82, 2.24) is 14.3 Å². The van der Waals surface area contributed by atoms with Gasteiger partial charge in [0.1, 0.15) is 0 Å². The Labute approximate surface area is 302 Å². The molecule has 0 aliphatic carbocycles. The lowest BCUT2D eigenvalue weighted by Crippen LogP contribution is -2.24. The van der Waals surface area contributed by atoms with Crippen molar-refractivity contribution in [3.8, 4) is 22.5 Å². The maximum atomic E-state index is 5.55. The summed E-state index contributed by atoms with van der Waals surface area (Å²) >= 11 is 0. The van der Waals surface area contributed by atoms with E-state index in [4.69, 9.17) is 5.10 Å². The number of aromatic nitrogens is 3. The van der Waals surface area contributed by atoms with Crippen molar-refractivity contribution in [1.29, 1.82) is 0 Å². The summed E-state index contributed by atoms with van der Waals surface area (Å²) in [6, 6.07) is 38.0. The molecule has 0 unspecified atom stereocenters. The lowest BCUT2D eigenvalue weighted by Gasteiger charge is -2.26. The van der Waals surface area contributed by atoms with E-state index in [1.807, 2.05) is 0 Å². The second-order valence-corrected chi connectivity index (χ2v) is 16.6. The molecule has 1 aliphatic heterocycles. The molecular formula is C46H49N5. The smallest absolute Gasteiger partial charge is 0.0950 e. The fraction of sp³-hybridized carbons (Fsp3) is 0.283. The summed E-state index contributed by atoms with van der Waals surface area (Å²) in [5.41, 5.74) is 16.7. The van der Waals surface area contributed by atoms with E-state index >= 15 is 0 Å². The minimum atomic E-state index is -0.176. The molecule has 1 aliphatic rings. The molecule has 2 aromatic heterocycles. The highest BCUT2D eigenvalue weighted by molar-refractivity contribution is 6.09. The third-order valence-corrected chi connectivity index (χ3v) is 10.5. The van der Waals surface area contributed by atoms with Gasteiger partial charge in [-0.3, -0.25) is 0 Å². The quantitative estimate of drug-likeness (QED) is 0.186. The number of hydrogen-bond donors (Lipinski definition) is 0. The van der Waals surface area contributed by atoms with Crippen LogP contribution in [0.2, 0.25) is 0 Å². The van der Waals surface area contributed by atoms with E-state index in [1.54, 1.807) is 0 Å². The van der Waals surface area contributed by atoms with Gasteiger partial charge in [0.25, 0.3) is 0 Å². The summed E-state index contributed by atoms with van der Waals surface area (Å²) in [4.78, 5) is 4.72. The zero-order valence-corrected chi connectivity index (χ0v) is 31.8. The first-order valence-electron chi connectivity index (χ1n) is 18.2. The van der Waals surface area contributed by atoms with E-state index in [9.17, 15) is 0 Å². The highest BCUT2D eigenvalue weighted by Gasteiger charge is 2.35. The number of anilines is 3. The molecule has 5 nitrogen and oxygen atoms in total. The van der Waals surface area contributed by atoms with Crippen molar-refractivity contribution in [2.75, 3.05) is 23.5 Å². The van der Waals surface area contributed by atoms with Gasteiger partial charge >= 0.3 is 0 Å². The molecule has 0 saturated carbocycles. The molecule has 0 N–H and O–H groups in total. The van der Waals surface area contributed by atoms with E-state index < -0.39 is 0 Å². The zero-order valence-electron chi connectivity index (χ0n) is 31.8. The van der Waals surface area contributed by atoms with Gasteiger partial charge in [0.05, 0.1) is 46.2 Å². The van der Waals surface area contributed by atoms with Gasteiger partial charge in [-0.1, -0.05) is 102 Å². The highest BCUT2D eigenvalue weighted by atomic mass is 15.4. The zero-order chi connectivity index (χ0) is 36.0. The summed E-state index contributed by atoms with van der Waals surface area (Å²) in [6.07, 6.45) is 0. The fourth-order valence-electron chi connectivity index (χ4n) is 8.40. The molecule has 0 radical (unpaired) electrons. The number of hydrogen-bond acceptors (Lipinski definition) is 3. The summed E-state index contributed by atoms with van der Waals surface area (Å²) < 4.78 is 4.69. The Morgan fingerprint density at radius 1 is 0.569 bits per heavy atom. The van der Waals surface area contributed by atoms with Crippen LogP contribution in [-0.2, 0) is 10.8 Å². The molecule has 0 saturated heterocycles. The maximum Gasteiger partial charge on any atom is 0.0950 e. The highest BCUT2D eigenvalue weighted by Crippen LogP contribution is 2.45.